The second-order valence-electron chi connectivity index (χ2n) is 8.25. The monoisotopic (exact) mass is 459 g/mol. The number of H-pyrrole nitrogens is 1. The highest BCUT2D eigenvalue weighted by atomic mass is 79.9. The molecule has 4 nitrogen and oxygen atoms in total. The highest BCUT2D eigenvalue weighted by molar-refractivity contribution is 9.10. The lowest BCUT2D eigenvalue weighted by Crippen LogP contribution is -2.48. The van der Waals surface area contributed by atoms with Crippen molar-refractivity contribution in [2.75, 3.05) is 13.7 Å². The van der Waals surface area contributed by atoms with E-state index in [-0.39, 0.29) is 12.1 Å². The maximum Gasteiger partial charge on any atom is 0.125 e. The number of alkyl halides is 1. The molecule has 2 aromatic carbocycles. The van der Waals surface area contributed by atoms with Gasteiger partial charge in [-0.2, -0.15) is 5.10 Å². The van der Waals surface area contributed by atoms with Gasteiger partial charge in [-0.25, -0.2) is 4.39 Å². The largest absolute Gasteiger partial charge is 0.496 e. The van der Waals surface area contributed by atoms with Gasteiger partial charge in [0.1, 0.15) is 11.4 Å². The molecule has 0 bridgehead atoms. The third-order valence-corrected chi connectivity index (χ3v) is 6.70. The molecule has 1 N–H and O–H groups in total. The standard InChI is InChI=1S/C23H27BrFN3O/c1-5-23(3,25)13-28-14(2)10-18-16(8-9-20-19(18)12-26-27-20)22(28)17-7-6-15(24)11-21(17)29-4/h6-9,11-12,14,22H,5,10,13H2,1-4H3,(H,26,27)/t14-,22+,23?/m1/s1. The Labute approximate surface area is 179 Å². The van der Waals surface area contributed by atoms with Gasteiger partial charge in [-0.05, 0) is 56.0 Å². The molecule has 154 valence electrons. The highest BCUT2D eigenvalue weighted by Gasteiger charge is 2.39. The second-order valence-corrected chi connectivity index (χ2v) is 9.16. The molecule has 0 aliphatic carbocycles. The van der Waals surface area contributed by atoms with Crippen LogP contribution in [-0.2, 0) is 6.42 Å². The first-order chi connectivity index (χ1) is 13.8. The minimum atomic E-state index is -1.26. The van der Waals surface area contributed by atoms with Gasteiger partial charge in [0.25, 0.3) is 0 Å². The maximum absolute atomic E-state index is 15.2. The third kappa shape index (κ3) is 3.68. The smallest absolute Gasteiger partial charge is 0.125 e. The zero-order chi connectivity index (χ0) is 20.8. The van der Waals surface area contributed by atoms with E-state index in [2.05, 4.69) is 56.2 Å². The predicted octanol–water partition coefficient (Wildman–Crippen LogP) is 5.81. The van der Waals surface area contributed by atoms with E-state index in [1.165, 1.54) is 11.1 Å². The molecule has 3 atom stereocenters. The number of benzene rings is 2. The van der Waals surface area contributed by atoms with Gasteiger partial charge in [0, 0.05) is 28.0 Å². The number of ether oxygens (including phenoxy) is 1. The molecule has 1 unspecified atom stereocenters. The van der Waals surface area contributed by atoms with Gasteiger partial charge >= 0.3 is 0 Å². The van der Waals surface area contributed by atoms with Crippen LogP contribution >= 0.6 is 15.9 Å². The van der Waals surface area contributed by atoms with Crippen LogP contribution in [0.25, 0.3) is 10.9 Å². The molecular formula is C23H27BrFN3O. The van der Waals surface area contributed by atoms with E-state index in [0.717, 1.165) is 33.1 Å². The molecule has 0 radical (unpaired) electrons. The normalized spacial score (nSPS) is 21.7. The predicted molar refractivity (Wildman–Crippen MR) is 118 cm³/mol. The van der Waals surface area contributed by atoms with Gasteiger partial charge < -0.3 is 4.74 Å². The van der Waals surface area contributed by atoms with Crippen LogP contribution in [0.15, 0.2) is 41.0 Å². The Morgan fingerprint density at radius 2 is 2.07 bits per heavy atom. The van der Waals surface area contributed by atoms with E-state index in [1.54, 1.807) is 14.0 Å². The van der Waals surface area contributed by atoms with Gasteiger partial charge in [0.2, 0.25) is 0 Å². The number of nitrogens with one attached hydrogen (secondary N) is 1. The van der Waals surface area contributed by atoms with Gasteiger partial charge in [0.05, 0.1) is 24.9 Å². The van der Waals surface area contributed by atoms with Crippen molar-refractivity contribution in [2.24, 2.45) is 0 Å². The lowest BCUT2D eigenvalue weighted by atomic mass is 9.82. The van der Waals surface area contributed by atoms with Crippen LogP contribution in [0.5, 0.6) is 5.75 Å². The van der Waals surface area contributed by atoms with Crippen LogP contribution in [0.4, 0.5) is 4.39 Å². The average molecular weight is 460 g/mol. The number of hydrogen-bond acceptors (Lipinski definition) is 3. The van der Waals surface area contributed by atoms with Gasteiger partial charge in [-0.15, -0.1) is 0 Å². The number of hydrogen-bond donors (Lipinski definition) is 1. The molecule has 4 rings (SSSR count). The Hall–Kier alpha value is -1.92. The van der Waals surface area contributed by atoms with Crippen LogP contribution < -0.4 is 4.74 Å². The van der Waals surface area contributed by atoms with Crippen molar-refractivity contribution in [3.8, 4) is 5.75 Å². The number of aromatic amines is 1. The van der Waals surface area contributed by atoms with Gasteiger partial charge in [-0.1, -0.05) is 35.0 Å². The summed E-state index contributed by atoms with van der Waals surface area (Å²) in [6, 6.07) is 10.4. The number of rotatable bonds is 5. The van der Waals surface area contributed by atoms with Crippen molar-refractivity contribution < 1.29 is 9.13 Å². The van der Waals surface area contributed by atoms with Crippen LogP contribution in [0, 0.1) is 0 Å². The second kappa shape index (κ2) is 7.73. The summed E-state index contributed by atoms with van der Waals surface area (Å²) in [5.41, 5.74) is 3.32. The zero-order valence-electron chi connectivity index (χ0n) is 17.3. The van der Waals surface area contributed by atoms with E-state index in [0.29, 0.717) is 13.0 Å². The summed E-state index contributed by atoms with van der Waals surface area (Å²) in [4.78, 5) is 2.30. The summed E-state index contributed by atoms with van der Waals surface area (Å²) >= 11 is 3.54. The molecule has 0 saturated carbocycles. The summed E-state index contributed by atoms with van der Waals surface area (Å²) in [5, 5.41) is 8.46. The van der Waals surface area contributed by atoms with E-state index in [1.807, 2.05) is 25.3 Å². The summed E-state index contributed by atoms with van der Waals surface area (Å²) in [6.45, 7) is 6.17. The molecule has 0 saturated heterocycles. The van der Waals surface area contributed by atoms with Crippen LogP contribution in [-0.4, -0.2) is 40.5 Å². The van der Waals surface area contributed by atoms with E-state index in [4.69, 9.17) is 4.74 Å². The van der Waals surface area contributed by atoms with Crippen LogP contribution in [0.2, 0.25) is 0 Å². The third-order valence-electron chi connectivity index (χ3n) is 6.20. The molecule has 0 amide bonds. The molecule has 1 aliphatic rings. The quantitative estimate of drug-likeness (QED) is 0.523. The van der Waals surface area contributed by atoms with E-state index in [9.17, 15) is 0 Å². The Balaban J connectivity index is 1.93. The molecule has 6 heteroatoms. The Morgan fingerprint density at radius 1 is 1.31 bits per heavy atom. The molecule has 29 heavy (non-hydrogen) atoms. The molecule has 3 aromatic rings. The number of nitrogens with zero attached hydrogens (tertiary/aromatic N) is 2. The molecule has 1 aromatic heterocycles. The Morgan fingerprint density at radius 3 is 2.79 bits per heavy atom. The summed E-state index contributed by atoms with van der Waals surface area (Å²) in [5.74, 6) is 0.804. The fourth-order valence-corrected chi connectivity index (χ4v) is 4.76. The lowest BCUT2D eigenvalue weighted by Gasteiger charge is -2.45. The Kier molecular flexibility index (Phi) is 5.42. The first-order valence-electron chi connectivity index (χ1n) is 10.1. The van der Waals surface area contributed by atoms with Crippen molar-refractivity contribution >= 4 is 26.8 Å². The van der Waals surface area contributed by atoms with Crippen LogP contribution in [0.1, 0.15) is 49.9 Å². The molecule has 0 fully saturated rings. The van der Waals surface area contributed by atoms with Crippen molar-refractivity contribution in [3.63, 3.8) is 0 Å². The zero-order valence-corrected chi connectivity index (χ0v) is 18.9. The van der Waals surface area contributed by atoms with Crippen molar-refractivity contribution in [2.45, 2.75) is 51.4 Å². The maximum atomic E-state index is 15.2. The Bertz CT molecular complexity index is 1030. The lowest BCUT2D eigenvalue weighted by molar-refractivity contribution is 0.0541. The first kappa shape index (κ1) is 20.4. The summed E-state index contributed by atoms with van der Waals surface area (Å²) in [6.07, 6.45) is 3.24. The topological polar surface area (TPSA) is 41.1 Å². The fraction of sp³-hybridized carbons (Fsp3) is 0.435. The van der Waals surface area contributed by atoms with E-state index < -0.39 is 5.67 Å². The SMILES string of the molecule is CCC(C)(F)CN1[C@H](c2ccc(Br)cc2OC)c2ccc3[nH]ncc3c2C[C@H]1C. The number of aromatic nitrogens is 2. The fourth-order valence-electron chi connectivity index (χ4n) is 4.42. The summed E-state index contributed by atoms with van der Waals surface area (Å²) in [7, 11) is 1.69. The van der Waals surface area contributed by atoms with Gasteiger partial charge in [-0.3, -0.25) is 10.00 Å². The van der Waals surface area contributed by atoms with Gasteiger partial charge in [0.15, 0.2) is 0 Å². The van der Waals surface area contributed by atoms with Crippen LogP contribution in [0.3, 0.4) is 0 Å². The molecular weight excluding hydrogens is 433 g/mol. The van der Waals surface area contributed by atoms with Crippen molar-refractivity contribution in [1.29, 1.82) is 0 Å². The number of fused-ring (bicyclic) bond motifs is 3. The minimum absolute atomic E-state index is 0.0854. The molecule has 2 heterocycles. The van der Waals surface area contributed by atoms with Crippen molar-refractivity contribution in [3.05, 3.63) is 57.7 Å². The van der Waals surface area contributed by atoms with E-state index >= 15 is 4.39 Å². The number of halogens is 2. The summed E-state index contributed by atoms with van der Waals surface area (Å²) < 4.78 is 21.9. The average Bonchev–Trinajstić information content (AvgIpc) is 3.18. The molecule has 1 aliphatic heterocycles. The van der Waals surface area contributed by atoms with Crippen molar-refractivity contribution in [1.82, 2.24) is 15.1 Å². The minimum Gasteiger partial charge on any atom is -0.496 e. The molecule has 0 spiro atoms. The highest BCUT2D eigenvalue weighted by Crippen LogP contribution is 2.44. The number of methoxy groups -OCH3 is 1. The first-order valence-corrected chi connectivity index (χ1v) is 10.9.